The first-order valence-electron chi connectivity index (χ1n) is 9.81. The van der Waals surface area contributed by atoms with Crippen molar-refractivity contribution in [1.82, 2.24) is 14.9 Å². The number of aromatic nitrogens is 2. The Labute approximate surface area is 176 Å². The molecule has 0 radical (unpaired) electrons. The molecule has 1 amide bonds. The largest absolute Gasteiger partial charge is 0.345 e. The monoisotopic (exact) mass is 426 g/mol. The summed E-state index contributed by atoms with van der Waals surface area (Å²) in [5.41, 5.74) is 6.20. The Morgan fingerprint density at radius 1 is 1.36 bits per heavy atom. The van der Waals surface area contributed by atoms with Crippen LogP contribution in [0, 0.1) is 12.8 Å². The summed E-state index contributed by atoms with van der Waals surface area (Å²) in [5, 5.41) is 3.69. The van der Waals surface area contributed by atoms with E-state index in [4.69, 9.17) is 10.7 Å². The second-order valence-electron chi connectivity index (χ2n) is 8.35. The average molecular weight is 427 g/mol. The summed E-state index contributed by atoms with van der Waals surface area (Å²) in [5.74, 6) is 1.11. The number of nitrogens with two attached hydrogens (primary N) is 1. The van der Waals surface area contributed by atoms with Crippen molar-refractivity contribution < 1.29 is 4.79 Å². The third kappa shape index (κ3) is 4.42. The Hall–Kier alpha value is -1.44. The number of nitrogens with one attached hydrogen (secondary N) is 1. The number of nitrogens with zero attached hydrogens (tertiary/aromatic N) is 2. The summed E-state index contributed by atoms with van der Waals surface area (Å²) in [6.07, 6.45) is 4.80. The molecule has 8 heteroatoms. The van der Waals surface area contributed by atoms with E-state index in [-0.39, 0.29) is 23.9 Å². The first kappa shape index (κ1) is 22.8. The fraction of sp³-hybridized carbons (Fsp3) is 0.650. The standard InChI is InChI=1S/C20H30N4O2S.ClH/c1-12(2)10-20(4,11-21)23-17(25)16-13(3)15-18(27-16)22-14-8-6-5-7-9-24(14)19(15)26;/h12H,5-11,21H2,1-4H3,(H,23,25);1H. The number of amides is 1. The Morgan fingerprint density at radius 2 is 2.07 bits per heavy atom. The van der Waals surface area contributed by atoms with Gasteiger partial charge in [0.2, 0.25) is 0 Å². The Morgan fingerprint density at radius 3 is 2.71 bits per heavy atom. The van der Waals surface area contributed by atoms with E-state index in [0.29, 0.717) is 34.1 Å². The lowest BCUT2D eigenvalue weighted by Crippen LogP contribution is -2.52. The van der Waals surface area contributed by atoms with E-state index in [0.717, 1.165) is 43.5 Å². The van der Waals surface area contributed by atoms with Gasteiger partial charge in [-0.3, -0.25) is 14.2 Å². The highest BCUT2D eigenvalue weighted by Crippen LogP contribution is 2.29. The minimum absolute atomic E-state index is 0. The summed E-state index contributed by atoms with van der Waals surface area (Å²) >= 11 is 1.32. The van der Waals surface area contributed by atoms with Crippen LogP contribution in [0.4, 0.5) is 0 Å². The number of fused-ring (bicyclic) bond motifs is 2. The fourth-order valence-corrected chi connectivity index (χ4v) is 5.13. The molecular weight excluding hydrogens is 396 g/mol. The van der Waals surface area contributed by atoms with Crippen molar-refractivity contribution in [2.45, 2.75) is 71.9 Å². The van der Waals surface area contributed by atoms with Crippen molar-refractivity contribution in [1.29, 1.82) is 0 Å². The first-order chi connectivity index (χ1) is 12.8. The van der Waals surface area contributed by atoms with Gasteiger partial charge in [0.05, 0.1) is 15.8 Å². The molecule has 1 aliphatic heterocycles. The molecule has 0 bridgehead atoms. The van der Waals surface area contributed by atoms with Crippen molar-refractivity contribution in [2.75, 3.05) is 6.54 Å². The molecule has 3 rings (SSSR count). The van der Waals surface area contributed by atoms with Crippen LogP contribution >= 0.6 is 23.7 Å². The van der Waals surface area contributed by atoms with Gasteiger partial charge in [-0.05, 0) is 44.6 Å². The SMILES string of the molecule is Cc1c(C(=O)NC(C)(CN)CC(C)C)sc2nc3n(c(=O)c12)CCCCC3.Cl. The van der Waals surface area contributed by atoms with Crippen LogP contribution in [0.2, 0.25) is 0 Å². The zero-order chi connectivity index (χ0) is 19.8. The maximum absolute atomic E-state index is 13.0. The van der Waals surface area contributed by atoms with Crippen molar-refractivity contribution in [3.63, 3.8) is 0 Å². The van der Waals surface area contributed by atoms with Crippen LogP contribution in [0.5, 0.6) is 0 Å². The number of hydrogen-bond acceptors (Lipinski definition) is 5. The van der Waals surface area contributed by atoms with Crippen LogP contribution < -0.4 is 16.6 Å². The Balaban J connectivity index is 0.00000280. The highest BCUT2D eigenvalue weighted by Gasteiger charge is 2.29. The fourth-order valence-electron chi connectivity index (χ4n) is 4.04. The molecule has 156 valence electrons. The minimum Gasteiger partial charge on any atom is -0.345 e. The van der Waals surface area contributed by atoms with Gasteiger partial charge in [-0.15, -0.1) is 23.7 Å². The molecule has 0 aromatic carbocycles. The molecule has 1 atom stereocenters. The third-order valence-electron chi connectivity index (χ3n) is 5.34. The zero-order valence-corrected chi connectivity index (χ0v) is 18.8. The second kappa shape index (κ2) is 8.93. The van der Waals surface area contributed by atoms with Crippen molar-refractivity contribution in [3.05, 3.63) is 26.6 Å². The Bertz CT molecular complexity index is 921. The predicted octanol–water partition coefficient (Wildman–Crippen LogP) is 3.41. The molecule has 0 saturated heterocycles. The molecule has 3 heterocycles. The lowest BCUT2D eigenvalue weighted by atomic mass is 9.90. The summed E-state index contributed by atoms with van der Waals surface area (Å²) in [6.45, 7) is 9.14. The minimum atomic E-state index is -0.465. The molecule has 0 fully saturated rings. The molecule has 3 N–H and O–H groups in total. The average Bonchev–Trinajstić information content (AvgIpc) is 2.77. The molecule has 0 saturated carbocycles. The van der Waals surface area contributed by atoms with Gasteiger partial charge >= 0.3 is 0 Å². The highest BCUT2D eigenvalue weighted by molar-refractivity contribution is 7.20. The van der Waals surface area contributed by atoms with Crippen LogP contribution in [-0.4, -0.2) is 27.5 Å². The second-order valence-corrected chi connectivity index (χ2v) is 9.35. The van der Waals surface area contributed by atoms with Crippen molar-refractivity contribution in [2.24, 2.45) is 11.7 Å². The summed E-state index contributed by atoms with van der Waals surface area (Å²) in [6, 6.07) is 0. The van der Waals surface area contributed by atoms with E-state index >= 15 is 0 Å². The topological polar surface area (TPSA) is 90.0 Å². The van der Waals surface area contributed by atoms with Gasteiger partial charge in [0.15, 0.2) is 0 Å². The lowest BCUT2D eigenvalue weighted by Gasteiger charge is -2.31. The van der Waals surface area contributed by atoms with Crippen LogP contribution in [0.3, 0.4) is 0 Å². The number of rotatable bonds is 5. The van der Waals surface area contributed by atoms with E-state index in [9.17, 15) is 9.59 Å². The normalized spacial score (nSPS) is 16.2. The molecule has 1 unspecified atom stereocenters. The van der Waals surface area contributed by atoms with Gasteiger partial charge in [0.25, 0.3) is 11.5 Å². The van der Waals surface area contributed by atoms with Crippen LogP contribution in [0.1, 0.15) is 67.5 Å². The molecule has 0 aliphatic carbocycles. The number of carbonyl (C=O) groups is 1. The Kier molecular flexibility index (Phi) is 7.28. The van der Waals surface area contributed by atoms with Crippen molar-refractivity contribution in [3.8, 4) is 0 Å². The molecule has 1 aliphatic rings. The van der Waals surface area contributed by atoms with E-state index in [1.807, 2.05) is 13.8 Å². The number of hydrogen-bond donors (Lipinski definition) is 2. The van der Waals surface area contributed by atoms with Gasteiger partial charge in [-0.1, -0.05) is 20.3 Å². The molecule has 2 aromatic rings. The van der Waals surface area contributed by atoms with E-state index in [2.05, 4.69) is 19.2 Å². The maximum Gasteiger partial charge on any atom is 0.262 e. The van der Waals surface area contributed by atoms with Gasteiger partial charge in [-0.25, -0.2) is 4.98 Å². The summed E-state index contributed by atoms with van der Waals surface area (Å²) in [7, 11) is 0. The number of aryl methyl sites for hydroxylation is 2. The van der Waals surface area contributed by atoms with Crippen LogP contribution in [0.15, 0.2) is 4.79 Å². The van der Waals surface area contributed by atoms with E-state index < -0.39 is 5.54 Å². The van der Waals surface area contributed by atoms with Gasteiger partial charge in [-0.2, -0.15) is 0 Å². The molecule has 2 aromatic heterocycles. The third-order valence-corrected chi connectivity index (χ3v) is 6.53. The summed E-state index contributed by atoms with van der Waals surface area (Å²) < 4.78 is 1.81. The highest BCUT2D eigenvalue weighted by atomic mass is 35.5. The maximum atomic E-state index is 13.0. The lowest BCUT2D eigenvalue weighted by molar-refractivity contribution is 0.0902. The molecule has 28 heavy (non-hydrogen) atoms. The smallest absolute Gasteiger partial charge is 0.262 e. The number of thiophene rings is 1. The van der Waals surface area contributed by atoms with Gasteiger partial charge in [0.1, 0.15) is 10.7 Å². The zero-order valence-electron chi connectivity index (χ0n) is 17.1. The number of carbonyl (C=O) groups excluding carboxylic acids is 1. The molecule has 0 spiro atoms. The van der Waals surface area contributed by atoms with Crippen LogP contribution in [-0.2, 0) is 13.0 Å². The first-order valence-corrected chi connectivity index (χ1v) is 10.6. The van der Waals surface area contributed by atoms with Gasteiger partial charge < -0.3 is 11.1 Å². The van der Waals surface area contributed by atoms with E-state index in [1.165, 1.54) is 11.3 Å². The molecule has 6 nitrogen and oxygen atoms in total. The van der Waals surface area contributed by atoms with Crippen molar-refractivity contribution >= 4 is 39.9 Å². The number of halogens is 1. The van der Waals surface area contributed by atoms with Crippen LogP contribution in [0.25, 0.3) is 10.2 Å². The van der Waals surface area contributed by atoms with E-state index in [1.54, 1.807) is 4.57 Å². The van der Waals surface area contributed by atoms with Gasteiger partial charge in [0, 0.05) is 19.5 Å². The summed E-state index contributed by atoms with van der Waals surface area (Å²) in [4.78, 5) is 32.0. The molecular formula is C20H31ClN4O2S. The quantitative estimate of drug-likeness (QED) is 0.766. The predicted molar refractivity (Wildman–Crippen MR) is 118 cm³/mol.